The van der Waals surface area contributed by atoms with Crippen LogP contribution in [-0.2, 0) is 11.3 Å². The zero-order valence-corrected chi connectivity index (χ0v) is 18.8. The number of nitrogens with zero attached hydrogens (tertiary/aromatic N) is 4. The van der Waals surface area contributed by atoms with E-state index in [1.54, 1.807) is 0 Å². The number of anilines is 1. The van der Waals surface area contributed by atoms with E-state index >= 15 is 0 Å². The molecule has 0 radical (unpaired) electrons. The summed E-state index contributed by atoms with van der Waals surface area (Å²) in [7, 11) is 1.22. The second-order valence-corrected chi connectivity index (χ2v) is 8.91. The van der Waals surface area contributed by atoms with Gasteiger partial charge in [-0.05, 0) is 18.9 Å². The van der Waals surface area contributed by atoms with Gasteiger partial charge in [-0.1, -0.05) is 0 Å². The fraction of sp³-hybridized carbons (Fsp3) is 0.478. The number of aromatic nitrogens is 2. The first-order valence-corrected chi connectivity index (χ1v) is 11.3. The molecule has 0 bridgehead atoms. The number of carbonyl (C=O) groups is 1. The molecule has 5 rings (SSSR count). The number of rotatable bonds is 5. The number of halogens is 3. The first-order chi connectivity index (χ1) is 16.8. The minimum atomic E-state index is -1.42. The largest absolute Gasteiger partial charge is 0.493 e. The molecule has 2 aromatic rings. The highest BCUT2D eigenvalue weighted by Gasteiger charge is 2.42. The van der Waals surface area contributed by atoms with Crippen molar-refractivity contribution in [2.75, 3.05) is 19.0 Å². The van der Waals surface area contributed by atoms with Gasteiger partial charge in [0.2, 0.25) is 0 Å². The predicted molar refractivity (Wildman–Crippen MR) is 118 cm³/mol. The van der Waals surface area contributed by atoms with E-state index in [0.717, 1.165) is 6.07 Å². The molecule has 35 heavy (non-hydrogen) atoms. The lowest BCUT2D eigenvalue weighted by Gasteiger charge is -2.27. The molecular weight excluding hydrogens is 467 g/mol. The molecule has 1 amide bonds. The van der Waals surface area contributed by atoms with Crippen LogP contribution >= 0.6 is 0 Å². The highest BCUT2D eigenvalue weighted by Crippen LogP contribution is 2.41. The van der Waals surface area contributed by atoms with Crippen LogP contribution < -0.4 is 10.1 Å². The van der Waals surface area contributed by atoms with Crippen LogP contribution in [0.3, 0.4) is 0 Å². The topological polar surface area (TPSA) is 120 Å². The van der Waals surface area contributed by atoms with Crippen LogP contribution in [0.5, 0.6) is 5.75 Å². The first-order valence-electron chi connectivity index (χ1n) is 11.3. The summed E-state index contributed by atoms with van der Waals surface area (Å²) in [5.74, 6) is -2.44. The minimum absolute atomic E-state index is 0.00826. The fourth-order valence-electron chi connectivity index (χ4n) is 5.08. The smallest absolute Gasteiger partial charge is 0.273 e. The maximum Gasteiger partial charge on any atom is 0.273 e. The molecule has 3 aliphatic rings. The van der Waals surface area contributed by atoms with Crippen molar-refractivity contribution in [3.8, 4) is 5.75 Å². The van der Waals surface area contributed by atoms with Gasteiger partial charge < -0.3 is 25.2 Å². The second-order valence-electron chi connectivity index (χ2n) is 8.91. The van der Waals surface area contributed by atoms with E-state index < -0.39 is 48.0 Å². The van der Waals surface area contributed by atoms with E-state index in [-0.39, 0.29) is 42.4 Å². The molecular formula is C23H24F3N5O4. The lowest BCUT2D eigenvalue weighted by atomic mass is 10.0. The van der Waals surface area contributed by atoms with Gasteiger partial charge in [0.25, 0.3) is 5.91 Å². The number of aliphatic imine (C=N–C) groups is 1. The van der Waals surface area contributed by atoms with E-state index in [1.165, 1.54) is 18.3 Å². The van der Waals surface area contributed by atoms with E-state index in [9.17, 15) is 28.2 Å². The second kappa shape index (κ2) is 9.08. The maximum absolute atomic E-state index is 14.6. The number of aliphatic hydroxyl groups is 2. The fourth-order valence-corrected chi connectivity index (χ4v) is 5.08. The number of amides is 1. The van der Waals surface area contributed by atoms with Crippen molar-refractivity contribution in [3.63, 3.8) is 0 Å². The van der Waals surface area contributed by atoms with E-state index in [1.807, 2.05) is 0 Å². The lowest BCUT2D eigenvalue weighted by Crippen LogP contribution is -2.38. The zero-order valence-electron chi connectivity index (χ0n) is 18.8. The molecule has 9 nitrogen and oxygen atoms in total. The van der Waals surface area contributed by atoms with Crippen LogP contribution in [0.2, 0.25) is 0 Å². The summed E-state index contributed by atoms with van der Waals surface area (Å²) in [4.78, 5) is 27.6. The summed E-state index contributed by atoms with van der Waals surface area (Å²) in [6, 6.07) is 0.239. The summed E-state index contributed by atoms with van der Waals surface area (Å²) < 4.78 is 48.1. The quantitative estimate of drug-likeness (QED) is 0.582. The van der Waals surface area contributed by atoms with Gasteiger partial charge in [0.15, 0.2) is 11.6 Å². The number of likely N-dealkylation sites (tertiary alicyclic amines) is 1. The molecule has 0 spiro atoms. The molecule has 186 valence electrons. The molecule has 1 aromatic heterocycles. The van der Waals surface area contributed by atoms with E-state index in [2.05, 4.69) is 20.3 Å². The molecule has 12 heteroatoms. The molecule has 2 fully saturated rings. The SMILES string of the molecule is COc1c(F)cc(F)cc1[C@H]1C[C@H](F)CN1C(=O)C1=NCc2ncnc(N[C@@H]3CC[C@@H](O)[C@H]3O)c21. The van der Waals surface area contributed by atoms with Crippen molar-refractivity contribution >= 4 is 17.4 Å². The third-order valence-corrected chi connectivity index (χ3v) is 6.77. The third kappa shape index (κ3) is 4.10. The number of aliphatic hydroxyl groups excluding tert-OH is 2. The average molecular weight is 491 g/mol. The van der Waals surface area contributed by atoms with Crippen LogP contribution in [-0.4, -0.2) is 74.8 Å². The van der Waals surface area contributed by atoms with Gasteiger partial charge in [0.05, 0.1) is 55.7 Å². The van der Waals surface area contributed by atoms with E-state index in [0.29, 0.717) is 30.2 Å². The van der Waals surface area contributed by atoms with Crippen LogP contribution in [0.1, 0.15) is 42.1 Å². The van der Waals surface area contributed by atoms with Crippen molar-refractivity contribution < 1.29 is 32.9 Å². The van der Waals surface area contributed by atoms with Gasteiger partial charge in [-0.15, -0.1) is 0 Å². The highest BCUT2D eigenvalue weighted by atomic mass is 19.1. The Bertz CT molecular complexity index is 1200. The van der Waals surface area contributed by atoms with Crippen LogP contribution in [0.15, 0.2) is 23.5 Å². The zero-order chi connectivity index (χ0) is 24.9. The lowest BCUT2D eigenvalue weighted by molar-refractivity contribution is -0.125. The van der Waals surface area contributed by atoms with Gasteiger partial charge in [-0.3, -0.25) is 9.79 Å². The number of fused-ring (bicyclic) bond motifs is 1. The first kappa shape index (κ1) is 23.5. The number of ether oxygens (including phenoxy) is 1. The Morgan fingerprint density at radius 1 is 1.23 bits per heavy atom. The molecule has 2 aliphatic heterocycles. The van der Waals surface area contributed by atoms with Gasteiger partial charge in [-0.25, -0.2) is 23.1 Å². The van der Waals surface area contributed by atoms with Crippen LogP contribution in [0.25, 0.3) is 0 Å². The number of carbonyl (C=O) groups excluding carboxylic acids is 1. The Labute approximate surface area is 198 Å². The third-order valence-electron chi connectivity index (χ3n) is 6.77. The van der Waals surface area contributed by atoms with Crippen molar-refractivity contribution in [3.05, 3.63) is 46.9 Å². The Morgan fingerprint density at radius 2 is 2.03 bits per heavy atom. The summed E-state index contributed by atoms with van der Waals surface area (Å²) >= 11 is 0. The average Bonchev–Trinajstić information content (AvgIpc) is 3.52. The molecule has 1 aliphatic carbocycles. The molecule has 1 aromatic carbocycles. The Balaban J connectivity index is 1.47. The molecule has 0 unspecified atom stereocenters. The highest BCUT2D eigenvalue weighted by molar-refractivity contribution is 6.47. The molecule has 1 saturated heterocycles. The van der Waals surface area contributed by atoms with Gasteiger partial charge in [0.1, 0.15) is 29.8 Å². The standard InChI is InChI=1S/C23H24F3N5O4/c1-35-21-12(4-10(24)5-13(21)26)16-6-11(25)8-31(16)23(34)19-18-15(7-27-19)28-9-29-22(18)30-14-2-3-17(32)20(14)33/h4-5,9,11,14,16-17,20,32-33H,2-3,6-8H2,1H3,(H,28,29,30)/t11-,14+,16+,17+,20-/m0/s1. The van der Waals surface area contributed by atoms with Gasteiger partial charge >= 0.3 is 0 Å². The van der Waals surface area contributed by atoms with Gasteiger partial charge in [0, 0.05) is 18.1 Å². The molecule has 3 heterocycles. The number of hydrogen-bond donors (Lipinski definition) is 3. The number of nitrogens with one attached hydrogen (secondary N) is 1. The summed E-state index contributed by atoms with van der Waals surface area (Å²) in [6.45, 7) is -0.192. The van der Waals surface area contributed by atoms with Gasteiger partial charge in [-0.2, -0.15) is 0 Å². The number of methoxy groups -OCH3 is 1. The molecule has 5 atom stereocenters. The van der Waals surface area contributed by atoms with Crippen molar-refractivity contribution in [2.24, 2.45) is 4.99 Å². The normalized spacial score (nSPS) is 27.7. The Kier molecular flexibility index (Phi) is 6.09. The molecule has 3 N–H and O–H groups in total. The summed E-state index contributed by atoms with van der Waals surface area (Å²) in [5, 5.41) is 23.2. The summed E-state index contributed by atoms with van der Waals surface area (Å²) in [6.07, 6.45) is -1.25. The summed E-state index contributed by atoms with van der Waals surface area (Å²) in [5.41, 5.74) is 0.819. The minimum Gasteiger partial charge on any atom is -0.493 e. The van der Waals surface area contributed by atoms with Crippen molar-refractivity contribution in [1.29, 1.82) is 0 Å². The Morgan fingerprint density at radius 3 is 2.74 bits per heavy atom. The number of benzene rings is 1. The van der Waals surface area contributed by atoms with E-state index in [4.69, 9.17) is 4.74 Å². The molecule has 1 saturated carbocycles. The number of hydrogen-bond acceptors (Lipinski definition) is 8. The number of alkyl halides is 1. The Hall–Kier alpha value is -3.25. The monoisotopic (exact) mass is 491 g/mol. The van der Waals surface area contributed by atoms with Crippen LogP contribution in [0.4, 0.5) is 19.0 Å². The van der Waals surface area contributed by atoms with Crippen molar-refractivity contribution in [1.82, 2.24) is 14.9 Å². The predicted octanol–water partition coefficient (Wildman–Crippen LogP) is 1.67. The maximum atomic E-state index is 14.6. The van der Waals surface area contributed by atoms with Crippen LogP contribution in [0, 0.1) is 11.6 Å². The van der Waals surface area contributed by atoms with Crippen molar-refractivity contribution in [2.45, 2.75) is 56.3 Å².